The molecule has 0 amide bonds. The summed E-state index contributed by atoms with van der Waals surface area (Å²) in [5.74, 6) is 0. The summed E-state index contributed by atoms with van der Waals surface area (Å²) in [6, 6.07) is 26.3. The van der Waals surface area contributed by atoms with Gasteiger partial charge in [-0.2, -0.15) is 0 Å². The van der Waals surface area contributed by atoms with Crippen LogP contribution in [0.3, 0.4) is 0 Å². The minimum atomic E-state index is 1.21. The van der Waals surface area contributed by atoms with Crippen molar-refractivity contribution in [1.82, 2.24) is 0 Å². The largest absolute Gasteiger partial charge is 0.0622 e. The Labute approximate surface area is 132 Å². The molecule has 0 atom stereocenters. The van der Waals surface area contributed by atoms with Crippen molar-refractivity contribution in [1.29, 1.82) is 0 Å². The van der Waals surface area contributed by atoms with Gasteiger partial charge in [-0.25, -0.2) is 0 Å². The molecule has 0 spiro atoms. The van der Waals surface area contributed by atoms with E-state index in [1.54, 1.807) is 11.1 Å². The molecule has 0 heterocycles. The highest BCUT2D eigenvalue weighted by molar-refractivity contribution is 5.77. The molecule has 3 aromatic rings. The van der Waals surface area contributed by atoms with E-state index in [9.17, 15) is 0 Å². The molecule has 0 fully saturated rings. The van der Waals surface area contributed by atoms with Crippen LogP contribution in [0.5, 0.6) is 0 Å². The van der Waals surface area contributed by atoms with Crippen LogP contribution in [-0.4, -0.2) is 0 Å². The van der Waals surface area contributed by atoms with Crippen molar-refractivity contribution in [2.24, 2.45) is 0 Å². The van der Waals surface area contributed by atoms with Gasteiger partial charge >= 0.3 is 0 Å². The van der Waals surface area contributed by atoms with Crippen molar-refractivity contribution in [3.63, 3.8) is 0 Å². The van der Waals surface area contributed by atoms with Crippen LogP contribution in [0.15, 0.2) is 72.8 Å². The van der Waals surface area contributed by atoms with Crippen LogP contribution in [0.25, 0.3) is 22.3 Å². The number of rotatable bonds is 2. The fourth-order valence-electron chi connectivity index (χ4n) is 3.64. The van der Waals surface area contributed by atoms with Crippen LogP contribution in [0, 0.1) is 0 Å². The minimum absolute atomic E-state index is 1.21. The summed E-state index contributed by atoms with van der Waals surface area (Å²) < 4.78 is 0. The SMILES string of the molecule is c1ccc(-c2ccc(-c3ccccc3)c3c2CCCC3)cc1. The lowest BCUT2D eigenvalue weighted by atomic mass is 9.81. The van der Waals surface area contributed by atoms with Gasteiger partial charge in [0.1, 0.15) is 0 Å². The second kappa shape index (κ2) is 5.81. The summed E-state index contributed by atoms with van der Waals surface area (Å²) in [6.45, 7) is 0. The molecule has 0 radical (unpaired) electrons. The third kappa shape index (κ3) is 2.35. The lowest BCUT2D eigenvalue weighted by molar-refractivity contribution is 0.688. The maximum absolute atomic E-state index is 2.32. The van der Waals surface area contributed by atoms with E-state index in [4.69, 9.17) is 0 Å². The molecule has 0 heteroatoms. The molecule has 0 saturated carbocycles. The topological polar surface area (TPSA) is 0 Å². The highest BCUT2D eigenvalue weighted by Gasteiger charge is 2.18. The second-order valence-corrected chi connectivity index (χ2v) is 6.06. The Balaban J connectivity index is 1.91. The lowest BCUT2D eigenvalue weighted by Gasteiger charge is -2.23. The molecular weight excluding hydrogens is 264 g/mol. The van der Waals surface area contributed by atoms with E-state index < -0.39 is 0 Å². The molecule has 0 bridgehead atoms. The van der Waals surface area contributed by atoms with Gasteiger partial charge in [0.15, 0.2) is 0 Å². The summed E-state index contributed by atoms with van der Waals surface area (Å²) in [5.41, 5.74) is 8.68. The molecule has 0 N–H and O–H groups in total. The van der Waals surface area contributed by atoms with Gasteiger partial charge < -0.3 is 0 Å². The highest BCUT2D eigenvalue weighted by atomic mass is 14.2. The van der Waals surface area contributed by atoms with Crippen LogP contribution in [0.1, 0.15) is 24.0 Å². The van der Waals surface area contributed by atoms with Gasteiger partial charge in [0.25, 0.3) is 0 Å². The zero-order valence-corrected chi connectivity index (χ0v) is 12.8. The van der Waals surface area contributed by atoms with Crippen LogP contribution in [0.2, 0.25) is 0 Å². The third-order valence-electron chi connectivity index (χ3n) is 4.70. The van der Waals surface area contributed by atoms with Gasteiger partial charge in [0, 0.05) is 0 Å². The van der Waals surface area contributed by atoms with Gasteiger partial charge in [0.2, 0.25) is 0 Å². The monoisotopic (exact) mass is 284 g/mol. The normalized spacial score (nSPS) is 13.6. The van der Waals surface area contributed by atoms with Crippen LogP contribution >= 0.6 is 0 Å². The molecule has 22 heavy (non-hydrogen) atoms. The first kappa shape index (κ1) is 13.3. The molecule has 1 aliphatic rings. The average Bonchev–Trinajstić information content (AvgIpc) is 2.62. The van der Waals surface area contributed by atoms with Crippen molar-refractivity contribution in [3.8, 4) is 22.3 Å². The summed E-state index contributed by atoms with van der Waals surface area (Å²) in [6.07, 6.45) is 5.04. The summed E-state index contributed by atoms with van der Waals surface area (Å²) >= 11 is 0. The Morgan fingerprint density at radius 3 is 1.27 bits per heavy atom. The Morgan fingerprint density at radius 1 is 0.455 bits per heavy atom. The van der Waals surface area contributed by atoms with Crippen LogP contribution in [0.4, 0.5) is 0 Å². The highest BCUT2D eigenvalue weighted by Crippen LogP contribution is 2.37. The summed E-state index contributed by atoms with van der Waals surface area (Å²) in [7, 11) is 0. The second-order valence-electron chi connectivity index (χ2n) is 6.06. The third-order valence-corrected chi connectivity index (χ3v) is 4.70. The lowest BCUT2D eigenvalue weighted by Crippen LogP contribution is -2.06. The van der Waals surface area contributed by atoms with Crippen molar-refractivity contribution >= 4 is 0 Å². The van der Waals surface area contributed by atoms with Crippen molar-refractivity contribution < 1.29 is 0 Å². The van der Waals surface area contributed by atoms with E-state index in [1.807, 2.05) is 0 Å². The van der Waals surface area contributed by atoms with Gasteiger partial charge in [-0.15, -0.1) is 0 Å². The summed E-state index contributed by atoms with van der Waals surface area (Å²) in [4.78, 5) is 0. The first-order valence-electron chi connectivity index (χ1n) is 8.19. The fourth-order valence-corrected chi connectivity index (χ4v) is 3.64. The molecule has 4 rings (SSSR count). The molecule has 0 unspecified atom stereocenters. The Hall–Kier alpha value is -2.34. The van der Waals surface area contributed by atoms with E-state index in [-0.39, 0.29) is 0 Å². The predicted octanol–water partition coefficient (Wildman–Crippen LogP) is 5.90. The van der Waals surface area contributed by atoms with Crippen LogP contribution in [-0.2, 0) is 12.8 Å². The number of hydrogen-bond acceptors (Lipinski definition) is 0. The molecular formula is C22H20. The zero-order chi connectivity index (χ0) is 14.8. The molecule has 108 valence electrons. The number of hydrogen-bond donors (Lipinski definition) is 0. The Morgan fingerprint density at radius 2 is 0.864 bits per heavy atom. The standard InChI is InChI=1S/C22H20/c1-3-9-17(10-4-1)19-15-16-20(18-11-5-2-6-12-18)22-14-8-7-13-21(19)22/h1-6,9-12,15-16H,7-8,13-14H2. The molecule has 3 aromatic carbocycles. The van der Waals surface area contributed by atoms with Crippen LogP contribution < -0.4 is 0 Å². The van der Waals surface area contributed by atoms with Crippen molar-refractivity contribution in [2.45, 2.75) is 25.7 Å². The van der Waals surface area contributed by atoms with E-state index in [2.05, 4.69) is 72.8 Å². The van der Waals surface area contributed by atoms with Gasteiger partial charge in [0.05, 0.1) is 0 Å². The number of benzene rings is 3. The van der Waals surface area contributed by atoms with Gasteiger partial charge in [-0.3, -0.25) is 0 Å². The maximum atomic E-state index is 2.32. The first-order valence-corrected chi connectivity index (χ1v) is 8.19. The van der Waals surface area contributed by atoms with Gasteiger partial charge in [-0.1, -0.05) is 72.8 Å². The first-order chi connectivity index (χ1) is 10.9. The molecule has 1 aliphatic carbocycles. The van der Waals surface area contributed by atoms with E-state index in [0.29, 0.717) is 0 Å². The minimum Gasteiger partial charge on any atom is -0.0622 e. The summed E-state index contributed by atoms with van der Waals surface area (Å²) in [5, 5.41) is 0. The van der Waals surface area contributed by atoms with E-state index in [1.165, 1.54) is 47.9 Å². The average molecular weight is 284 g/mol. The quantitative estimate of drug-likeness (QED) is 0.549. The number of fused-ring (bicyclic) bond motifs is 1. The van der Waals surface area contributed by atoms with Crippen molar-refractivity contribution in [2.75, 3.05) is 0 Å². The molecule has 0 nitrogen and oxygen atoms in total. The zero-order valence-electron chi connectivity index (χ0n) is 12.8. The molecule has 0 aromatic heterocycles. The smallest absolute Gasteiger partial charge is 0.0149 e. The van der Waals surface area contributed by atoms with Gasteiger partial charge in [-0.05, 0) is 59.1 Å². The fraction of sp³-hybridized carbons (Fsp3) is 0.182. The maximum Gasteiger partial charge on any atom is -0.0149 e. The Kier molecular flexibility index (Phi) is 3.52. The van der Waals surface area contributed by atoms with E-state index in [0.717, 1.165) is 0 Å². The van der Waals surface area contributed by atoms with E-state index >= 15 is 0 Å². The molecule has 0 aliphatic heterocycles. The Bertz CT molecular complexity index is 701. The van der Waals surface area contributed by atoms with Crippen molar-refractivity contribution in [3.05, 3.63) is 83.9 Å². The molecule has 0 saturated heterocycles. The predicted molar refractivity (Wildman–Crippen MR) is 94.0 cm³/mol.